The third kappa shape index (κ3) is 12.2. The summed E-state index contributed by atoms with van der Waals surface area (Å²) in [6, 6.07) is 19.2. The average Bonchev–Trinajstić information content (AvgIpc) is 3.45. The standard InChI is InChI=1S/C61H104O15Si4/c1-19-77(20-2,21-3)68-39-47-52(76-80(28-10,29-11)30-12)45(74-78(22-4,23-5)24-6)36-50(71-47)70-46-38-61(66)56(72-57(65)44-34-32-31-33-35-44)54-59(18,55(64)53(69-42(14)62)51(41(46)13)58(61,16)17)48(75-79(25-7,26-8)27-9)37-49-60(54,40-67-49)73-43(15)63/h31-35,45-50,52-54,56,66H,19-30,36-40H2,1-18H3/t45-,46+,47-,48+,49-,50-,52-,53-,54+,56+,59-,60+,61-/m1/s1. The van der Waals surface area contributed by atoms with Crippen LogP contribution in [0.25, 0.3) is 0 Å². The van der Waals surface area contributed by atoms with Gasteiger partial charge in [-0.15, -0.1) is 0 Å². The third-order valence-corrected chi connectivity index (χ3v) is 40.0. The molecule has 0 spiro atoms. The Bertz CT molecular complexity index is 2280. The number of Topliss-reactive ketones (excluding diaryl/α,β-unsaturated/α-hetero) is 1. The van der Waals surface area contributed by atoms with Crippen LogP contribution in [0.3, 0.4) is 0 Å². The van der Waals surface area contributed by atoms with E-state index in [-0.39, 0.29) is 31.6 Å². The Balaban J connectivity index is 1.63. The molecule has 2 saturated carbocycles. The first-order chi connectivity index (χ1) is 37.8. The van der Waals surface area contributed by atoms with E-state index >= 15 is 9.59 Å². The Labute approximate surface area is 484 Å². The van der Waals surface area contributed by atoms with Crippen LogP contribution in [0, 0.1) is 16.7 Å². The zero-order valence-corrected chi connectivity index (χ0v) is 56.3. The van der Waals surface area contributed by atoms with Crippen molar-refractivity contribution in [3.05, 3.63) is 47.0 Å². The van der Waals surface area contributed by atoms with Gasteiger partial charge in [0.25, 0.3) is 0 Å². The summed E-state index contributed by atoms with van der Waals surface area (Å²) in [6.45, 7) is 36.4. The van der Waals surface area contributed by atoms with Crippen molar-refractivity contribution >= 4 is 57.0 Å². The third-order valence-electron chi connectivity index (χ3n) is 21.4. The van der Waals surface area contributed by atoms with Gasteiger partial charge < -0.3 is 51.2 Å². The second-order valence-corrected chi connectivity index (χ2v) is 43.8. The van der Waals surface area contributed by atoms with E-state index in [4.69, 9.17) is 46.1 Å². The summed E-state index contributed by atoms with van der Waals surface area (Å²) < 4.78 is 70.8. The zero-order chi connectivity index (χ0) is 59.4. The van der Waals surface area contributed by atoms with E-state index < -0.39 is 140 Å². The maximum absolute atomic E-state index is 16.8. The maximum atomic E-state index is 16.8. The summed E-state index contributed by atoms with van der Waals surface area (Å²) in [5, 5.41) is 14.6. The Kier molecular flexibility index (Phi) is 22.1. The highest BCUT2D eigenvalue weighted by atomic mass is 28.4. The molecule has 0 aromatic heterocycles. The van der Waals surface area contributed by atoms with Crippen molar-refractivity contribution in [1.29, 1.82) is 0 Å². The molecule has 80 heavy (non-hydrogen) atoms. The van der Waals surface area contributed by atoms with Crippen molar-refractivity contribution in [2.75, 3.05) is 13.2 Å². The predicted molar refractivity (Wildman–Crippen MR) is 320 cm³/mol. The summed E-state index contributed by atoms with van der Waals surface area (Å²) in [5.41, 5.74) is -5.81. The predicted octanol–water partition coefficient (Wildman–Crippen LogP) is 12.6. The molecular formula is C61H104O15Si4. The number of carbonyl (C=O) groups excluding carboxylic acids is 4. The minimum atomic E-state index is -2.60. The number of carbonyl (C=O) groups is 4. The summed E-state index contributed by atoms with van der Waals surface area (Å²) in [7, 11) is -9.40. The highest BCUT2D eigenvalue weighted by molar-refractivity contribution is 6.75. The summed E-state index contributed by atoms with van der Waals surface area (Å²) >= 11 is 0. The average molecular weight is 1190 g/mol. The van der Waals surface area contributed by atoms with Gasteiger partial charge in [-0.3, -0.25) is 14.4 Å². The first-order valence-electron chi connectivity index (χ1n) is 31.0. The van der Waals surface area contributed by atoms with Crippen LogP contribution in [0.2, 0.25) is 72.5 Å². The topological polar surface area (TPSA) is 181 Å². The van der Waals surface area contributed by atoms with Gasteiger partial charge in [-0.2, -0.15) is 0 Å². The molecule has 1 aromatic rings. The molecule has 2 heterocycles. The van der Waals surface area contributed by atoms with Crippen LogP contribution in [-0.4, -0.2) is 142 Å². The van der Waals surface area contributed by atoms with E-state index in [9.17, 15) is 14.7 Å². The molecule has 5 aliphatic rings. The van der Waals surface area contributed by atoms with E-state index in [0.717, 1.165) is 72.5 Å². The normalized spacial score (nSPS) is 32.7. The number of ether oxygens (including phenoxy) is 6. The van der Waals surface area contributed by atoms with E-state index in [2.05, 4.69) is 83.1 Å². The zero-order valence-electron chi connectivity index (χ0n) is 52.3. The number of aliphatic hydroxyl groups is 1. The van der Waals surface area contributed by atoms with Crippen LogP contribution in [0.4, 0.5) is 0 Å². The number of benzene rings is 1. The molecule has 3 aliphatic carbocycles. The lowest BCUT2D eigenvalue weighted by molar-refractivity contribution is -0.346. The fraction of sp³-hybridized carbons (Fsp3) is 0.803. The van der Waals surface area contributed by atoms with Gasteiger partial charge in [-0.25, -0.2) is 4.79 Å². The number of fused-ring (bicyclic) bond motifs is 5. The van der Waals surface area contributed by atoms with Crippen LogP contribution in [0.15, 0.2) is 41.5 Å². The number of hydrogen-bond donors (Lipinski definition) is 1. The van der Waals surface area contributed by atoms with Crippen molar-refractivity contribution in [3.8, 4) is 0 Å². The van der Waals surface area contributed by atoms with Crippen LogP contribution in [-0.2, 0) is 60.5 Å². The van der Waals surface area contributed by atoms with E-state index in [0.29, 0.717) is 17.6 Å². The molecule has 15 nitrogen and oxygen atoms in total. The van der Waals surface area contributed by atoms with Crippen molar-refractivity contribution in [2.45, 2.75) is 283 Å². The van der Waals surface area contributed by atoms with Crippen molar-refractivity contribution in [2.24, 2.45) is 16.7 Å². The molecule has 19 heteroatoms. The minimum absolute atomic E-state index is 0.149. The molecule has 1 aromatic carbocycles. The highest BCUT2D eigenvalue weighted by Crippen LogP contribution is 2.65. The molecule has 0 amide bonds. The number of rotatable bonds is 27. The Hall–Kier alpha value is -2.41. The molecule has 4 fully saturated rings. The van der Waals surface area contributed by atoms with Gasteiger partial charge in [0.15, 0.2) is 57.0 Å². The Morgan fingerprint density at radius 2 is 1.21 bits per heavy atom. The molecule has 1 N–H and O–H groups in total. The lowest BCUT2D eigenvalue weighted by atomic mass is 9.44. The molecule has 6 rings (SSSR count). The van der Waals surface area contributed by atoms with Gasteiger partial charge in [0.1, 0.15) is 23.9 Å². The lowest BCUT2D eigenvalue weighted by Crippen LogP contribution is -2.82. The van der Waals surface area contributed by atoms with Crippen molar-refractivity contribution < 1.29 is 70.4 Å². The van der Waals surface area contributed by atoms with Crippen LogP contribution >= 0.6 is 0 Å². The molecule has 454 valence electrons. The fourth-order valence-corrected chi connectivity index (χ4v) is 26.3. The van der Waals surface area contributed by atoms with Crippen LogP contribution < -0.4 is 0 Å². The first-order valence-corrected chi connectivity index (χ1v) is 41.1. The van der Waals surface area contributed by atoms with Crippen molar-refractivity contribution in [3.63, 3.8) is 0 Å². The number of hydrogen-bond acceptors (Lipinski definition) is 15. The smallest absolute Gasteiger partial charge is 0.338 e. The summed E-state index contributed by atoms with van der Waals surface area (Å²) in [5.74, 6) is -3.89. The maximum Gasteiger partial charge on any atom is 0.338 e. The van der Waals surface area contributed by atoms with E-state index in [1.54, 1.807) is 37.3 Å². The monoisotopic (exact) mass is 1190 g/mol. The Morgan fingerprint density at radius 1 is 0.688 bits per heavy atom. The molecule has 2 saturated heterocycles. The molecular weight excluding hydrogens is 1080 g/mol. The van der Waals surface area contributed by atoms with Crippen LogP contribution in [0.1, 0.15) is 154 Å². The largest absolute Gasteiger partial charge is 0.455 e. The van der Waals surface area contributed by atoms with E-state index in [1.807, 2.05) is 20.8 Å². The van der Waals surface area contributed by atoms with E-state index in [1.165, 1.54) is 13.8 Å². The van der Waals surface area contributed by atoms with Gasteiger partial charge in [0.05, 0.1) is 54.5 Å². The fourth-order valence-electron chi connectivity index (χ4n) is 15.0. The molecule has 0 radical (unpaired) electrons. The number of esters is 3. The molecule has 13 atom stereocenters. The molecule has 2 aliphatic heterocycles. The van der Waals surface area contributed by atoms with Gasteiger partial charge in [0.2, 0.25) is 0 Å². The van der Waals surface area contributed by atoms with Crippen LogP contribution in [0.5, 0.6) is 0 Å². The summed E-state index contributed by atoms with van der Waals surface area (Å²) in [4.78, 5) is 59.2. The first kappa shape index (κ1) is 66.7. The second-order valence-electron chi connectivity index (χ2n) is 24.8. The van der Waals surface area contributed by atoms with Gasteiger partial charge in [0, 0.05) is 38.5 Å². The van der Waals surface area contributed by atoms with Gasteiger partial charge in [-0.05, 0) is 110 Å². The quantitative estimate of drug-likeness (QED) is 0.0380. The highest BCUT2D eigenvalue weighted by Gasteiger charge is 2.79. The molecule has 0 unspecified atom stereocenters. The lowest BCUT2D eigenvalue weighted by Gasteiger charge is -2.68. The van der Waals surface area contributed by atoms with Gasteiger partial charge >= 0.3 is 17.9 Å². The Morgan fingerprint density at radius 3 is 1.70 bits per heavy atom. The van der Waals surface area contributed by atoms with Crippen molar-refractivity contribution in [1.82, 2.24) is 0 Å². The number of ketones is 1. The SMILES string of the molecule is CC[Si](CC)(CC)OC[C@H]1O[C@@H](O[C@H]2C[C@@]3(O)[C@@H](OC(=O)c4ccccc4)[C@@H]4[C@]5(OC(C)=O)CO[C@@H]5C[C@H](O[Si](CC)(CC)CC)[C@@]4(C)C(=O)[C@H](OC(C)=O)C(=C2C)C3(C)C)C[C@@H](O[Si](CC)(CC)CC)[C@H]1O[Si](CC)(CC)CC. The summed E-state index contributed by atoms with van der Waals surface area (Å²) in [6.07, 6.45) is -7.94. The minimum Gasteiger partial charge on any atom is -0.455 e. The van der Waals surface area contributed by atoms with Gasteiger partial charge in [-0.1, -0.05) is 115 Å². The second kappa shape index (κ2) is 26.5. The molecule has 2 bridgehead atoms.